The Balaban J connectivity index is 1.65. The van der Waals surface area contributed by atoms with Gasteiger partial charge in [0.2, 0.25) is 0 Å². The Kier molecular flexibility index (Phi) is 7.89. The lowest BCUT2D eigenvalue weighted by atomic mass is 10.1. The van der Waals surface area contributed by atoms with E-state index in [1.807, 2.05) is 0 Å². The number of hydrogen-bond donors (Lipinski definition) is 3. The molecule has 0 spiro atoms. The lowest BCUT2D eigenvalue weighted by molar-refractivity contribution is 0.0633. The highest BCUT2D eigenvalue weighted by Crippen LogP contribution is 2.33. The van der Waals surface area contributed by atoms with Crippen LogP contribution in [0.5, 0.6) is 0 Å². The highest BCUT2D eigenvalue weighted by atomic mass is 35.5. The largest absolute Gasteiger partial charge is 0.476 e. The fourth-order valence-electron chi connectivity index (χ4n) is 3.51. The second-order valence-corrected chi connectivity index (χ2v) is 10.1. The van der Waals surface area contributed by atoms with Gasteiger partial charge in [-0.2, -0.15) is 5.10 Å². The predicted octanol–water partition coefficient (Wildman–Crippen LogP) is 6.54. The fraction of sp³-hybridized carbons (Fsp3) is 0.148. The summed E-state index contributed by atoms with van der Waals surface area (Å²) in [7, 11) is 0. The van der Waals surface area contributed by atoms with Gasteiger partial charge in [0.05, 0.1) is 27.0 Å². The third-order valence-electron chi connectivity index (χ3n) is 5.13. The molecule has 10 nitrogen and oxygen atoms in total. The third kappa shape index (κ3) is 6.73. The van der Waals surface area contributed by atoms with Gasteiger partial charge in [0.1, 0.15) is 17.2 Å². The maximum Gasteiger partial charge on any atom is 0.413 e. The minimum atomic E-state index is -1.25. The maximum atomic E-state index is 13.3. The number of nitrogens with one attached hydrogen (secondary N) is 2. The van der Waals surface area contributed by atoms with Gasteiger partial charge >= 0.3 is 12.1 Å². The number of carboxylic acid groups (broad SMARTS) is 1. The van der Waals surface area contributed by atoms with E-state index < -0.39 is 23.6 Å². The topological polar surface area (TPSA) is 135 Å². The monoisotopic (exact) mass is 567 g/mol. The van der Waals surface area contributed by atoms with Crippen LogP contribution in [-0.4, -0.2) is 43.4 Å². The molecule has 4 rings (SSSR count). The molecular weight excluding hydrogens is 545 g/mol. The van der Waals surface area contributed by atoms with Crippen molar-refractivity contribution < 1.29 is 24.2 Å². The number of carboxylic acids is 1. The number of rotatable bonds is 6. The number of carbonyl (C=O) groups excluding carboxylic acids is 2. The van der Waals surface area contributed by atoms with Crippen molar-refractivity contribution in [2.45, 2.75) is 26.4 Å². The molecule has 0 saturated heterocycles. The lowest BCUT2D eigenvalue weighted by Gasteiger charge is -2.19. The molecule has 4 aromatic rings. The molecule has 2 amide bonds. The number of hydrogen-bond acceptors (Lipinski definition) is 6. The Labute approximate surface area is 233 Å². The summed E-state index contributed by atoms with van der Waals surface area (Å²) < 4.78 is 6.57. The van der Waals surface area contributed by atoms with Crippen LogP contribution in [0.25, 0.3) is 16.9 Å². The van der Waals surface area contributed by atoms with Crippen molar-refractivity contribution in [1.82, 2.24) is 14.8 Å². The van der Waals surface area contributed by atoms with Crippen molar-refractivity contribution in [3.63, 3.8) is 0 Å². The first-order chi connectivity index (χ1) is 18.4. The van der Waals surface area contributed by atoms with Gasteiger partial charge in [-0.15, -0.1) is 0 Å². The SMILES string of the molecule is CC(C)(C)OC(=O)Nc1cccc(-c2cc(C(=O)Nc3cc(C(=O)O)nn3-c3ccccc3)c(Cl)cc2Cl)n1. The maximum absolute atomic E-state index is 13.3. The molecular formula is C27H23Cl2N5O5. The first kappa shape index (κ1) is 27.6. The molecule has 2 aromatic carbocycles. The molecule has 0 radical (unpaired) electrons. The summed E-state index contributed by atoms with van der Waals surface area (Å²) in [6.45, 7) is 5.23. The highest BCUT2D eigenvalue weighted by molar-refractivity contribution is 6.38. The average molecular weight is 568 g/mol. The number of pyridine rings is 1. The molecule has 0 fully saturated rings. The number of ether oxygens (including phenoxy) is 1. The Hall–Kier alpha value is -4.41. The van der Waals surface area contributed by atoms with Crippen LogP contribution in [-0.2, 0) is 4.74 Å². The zero-order valence-electron chi connectivity index (χ0n) is 21.0. The fourth-order valence-corrected chi connectivity index (χ4v) is 4.07. The lowest BCUT2D eigenvalue weighted by Crippen LogP contribution is -2.27. The van der Waals surface area contributed by atoms with Crippen LogP contribution in [0.4, 0.5) is 16.4 Å². The summed E-state index contributed by atoms with van der Waals surface area (Å²) in [5.74, 6) is -1.54. The summed E-state index contributed by atoms with van der Waals surface area (Å²) in [6.07, 6.45) is -0.676. The molecule has 0 aliphatic heterocycles. The quantitative estimate of drug-likeness (QED) is 0.240. The van der Waals surface area contributed by atoms with Gasteiger partial charge < -0.3 is 15.2 Å². The normalized spacial score (nSPS) is 11.1. The van der Waals surface area contributed by atoms with E-state index in [0.717, 1.165) is 0 Å². The molecule has 0 atom stereocenters. The van der Waals surface area contributed by atoms with E-state index in [0.29, 0.717) is 16.9 Å². The van der Waals surface area contributed by atoms with Crippen LogP contribution in [0.15, 0.2) is 66.7 Å². The second kappa shape index (κ2) is 11.1. The van der Waals surface area contributed by atoms with Gasteiger partial charge in [-0.25, -0.2) is 19.3 Å². The molecule has 0 unspecified atom stereocenters. The van der Waals surface area contributed by atoms with Crippen LogP contribution < -0.4 is 10.6 Å². The number of aromatic carboxylic acids is 1. The minimum Gasteiger partial charge on any atom is -0.476 e. The molecule has 39 heavy (non-hydrogen) atoms. The van der Waals surface area contributed by atoms with Crippen molar-refractivity contribution in [3.8, 4) is 16.9 Å². The molecule has 0 saturated carbocycles. The summed E-state index contributed by atoms with van der Waals surface area (Å²) >= 11 is 12.8. The zero-order valence-corrected chi connectivity index (χ0v) is 22.5. The second-order valence-electron chi connectivity index (χ2n) is 9.27. The first-order valence-corrected chi connectivity index (χ1v) is 12.3. The zero-order chi connectivity index (χ0) is 28.3. The molecule has 12 heteroatoms. The summed E-state index contributed by atoms with van der Waals surface area (Å²) in [4.78, 5) is 41.4. The van der Waals surface area contributed by atoms with E-state index in [-0.39, 0.29) is 32.9 Å². The van der Waals surface area contributed by atoms with E-state index in [1.54, 1.807) is 69.3 Å². The van der Waals surface area contributed by atoms with Crippen molar-refractivity contribution in [1.29, 1.82) is 0 Å². The Morgan fingerprint density at radius 1 is 0.923 bits per heavy atom. The molecule has 2 heterocycles. The summed E-state index contributed by atoms with van der Waals surface area (Å²) in [5.41, 5.74) is 0.395. The molecule has 0 aliphatic rings. The number of para-hydroxylation sites is 1. The molecule has 200 valence electrons. The van der Waals surface area contributed by atoms with Gasteiger partial charge in [-0.3, -0.25) is 10.1 Å². The van der Waals surface area contributed by atoms with Gasteiger partial charge in [0, 0.05) is 11.6 Å². The number of amides is 2. The summed E-state index contributed by atoms with van der Waals surface area (Å²) in [5, 5.41) is 19.0. The van der Waals surface area contributed by atoms with Crippen molar-refractivity contribution in [2.24, 2.45) is 0 Å². The van der Waals surface area contributed by atoms with Gasteiger partial charge in [0.25, 0.3) is 5.91 Å². The number of carbonyl (C=O) groups is 3. The van der Waals surface area contributed by atoms with Crippen molar-refractivity contribution in [3.05, 3.63) is 88.0 Å². The van der Waals surface area contributed by atoms with Crippen molar-refractivity contribution >= 4 is 52.8 Å². The van der Waals surface area contributed by atoms with Crippen LogP contribution in [0.2, 0.25) is 10.0 Å². The highest BCUT2D eigenvalue weighted by Gasteiger charge is 2.21. The number of aromatic nitrogens is 3. The standard InChI is InChI=1S/C27H23Cl2N5O5/c1-27(2,3)39-26(38)31-22-11-7-10-20(30-22)16-12-17(19(29)13-18(16)28)24(35)32-23-14-21(25(36)37)33-34(23)15-8-5-4-6-9-15/h4-14H,1-3H3,(H,32,35)(H,36,37)(H,30,31,38). The first-order valence-electron chi connectivity index (χ1n) is 11.6. The van der Waals surface area contributed by atoms with E-state index in [9.17, 15) is 19.5 Å². The van der Waals surface area contributed by atoms with E-state index in [1.165, 1.54) is 22.9 Å². The molecule has 2 aromatic heterocycles. The molecule has 0 bridgehead atoms. The molecule has 0 aliphatic carbocycles. The van der Waals surface area contributed by atoms with Gasteiger partial charge in [0.15, 0.2) is 5.69 Å². The van der Waals surface area contributed by atoms with E-state index in [2.05, 4.69) is 20.7 Å². The Morgan fingerprint density at radius 3 is 2.31 bits per heavy atom. The van der Waals surface area contributed by atoms with Crippen molar-refractivity contribution in [2.75, 3.05) is 10.6 Å². The van der Waals surface area contributed by atoms with Gasteiger partial charge in [-0.1, -0.05) is 47.5 Å². The van der Waals surface area contributed by atoms with Crippen LogP contribution in [0, 0.1) is 0 Å². The molecule has 3 N–H and O–H groups in total. The number of anilines is 2. The predicted molar refractivity (Wildman–Crippen MR) is 148 cm³/mol. The average Bonchev–Trinajstić information content (AvgIpc) is 3.27. The number of benzene rings is 2. The van der Waals surface area contributed by atoms with Crippen LogP contribution in [0.1, 0.15) is 41.6 Å². The van der Waals surface area contributed by atoms with E-state index >= 15 is 0 Å². The minimum absolute atomic E-state index is 0.0565. The summed E-state index contributed by atoms with van der Waals surface area (Å²) in [6, 6.07) is 17.7. The van der Waals surface area contributed by atoms with Crippen LogP contribution >= 0.6 is 23.2 Å². The number of nitrogens with zero attached hydrogens (tertiary/aromatic N) is 3. The Bertz CT molecular complexity index is 1560. The van der Waals surface area contributed by atoms with Crippen LogP contribution in [0.3, 0.4) is 0 Å². The number of halogens is 2. The Morgan fingerprint density at radius 2 is 1.64 bits per heavy atom. The van der Waals surface area contributed by atoms with Gasteiger partial charge in [-0.05, 0) is 57.2 Å². The van der Waals surface area contributed by atoms with E-state index in [4.69, 9.17) is 27.9 Å². The smallest absolute Gasteiger partial charge is 0.413 e. The third-order valence-corrected chi connectivity index (χ3v) is 5.75.